The number of allylic oxidation sites excluding steroid dienone is 1. The standard InChI is InChI=1S/C26H40N2O3/c1-20-7-6-10-25(2)11-12-26(31,24(30)23(20)25)22(19-29)18-28-15-13-27(14-16-28)17-21-8-4-3-5-9-21/h3-5,8-9,22,24,29-31H,6-7,10-19H2,1-2H3/t22?,24-,25+,26?/m0/s1. The van der Waals surface area contributed by atoms with Gasteiger partial charge >= 0.3 is 0 Å². The van der Waals surface area contributed by atoms with Gasteiger partial charge in [-0.05, 0) is 55.6 Å². The molecule has 0 amide bonds. The fraction of sp³-hybridized carbons (Fsp3) is 0.692. The lowest BCUT2D eigenvalue weighted by molar-refractivity contribution is -0.148. The highest BCUT2D eigenvalue weighted by atomic mass is 16.3. The van der Waals surface area contributed by atoms with Gasteiger partial charge in [-0.15, -0.1) is 0 Å². The predicted octanol–water partition coefficient (Wildman–Crippen LogP) is 2.81. The summed E-state index contributed by atoms with van der Waals surface area (Å²) >= 11 is 0. The molecule has 3 aliphatic rings. The average Bonchev–Trinajstić information content (AvgIpc) is 2.77. The third-order valence-corrected chi connectivity index (χ3v) is 8.33. The molecule has 1 aromatic carbocycles. The van der Waals surface area contributed by atoms with Crippen LogP contribution in [0.5, 0.6) is 0 Å². The zero-order chi connectivity index (χ0) is 22.1. The third kappa shape index (κ3) is 4.62. The Morgan fingerprint density at radius 3 is 2.39 bits per heavy atom. The third-order valence-electron chi connectivity index (χ3n) is 8.33. The fourth-order valence-electron chi connectivity index (χ4n) is 6.30. The summed E-state index contributed by atoms with van der Waals surface area (Å²) in [6.45, 7) is 9.67. The molecule has 0 spiro atoms. The maximum atomic E-state index is 11.7. The van der Waals surface area contributed by atoms with Crippen LogP contribution in [0.15, 0.2) is 41.5 Å². The van der Waals surface area contributed by atoms with Crippen molar-refractivity contribution in [1.29, 1.82) is 0 Å². The number of piperazine rings is 1. The van der Waals surface area contributed by atoms with Crippen molar-refractivity contribution in [2.45, 2.75) is 64.2 Å². The minimum Gasteiger partial charge on any atom is -0.396 e. The molecule has 2 aliphatic carbocycles. The lowest BCUT2D eigenvalue weighted by Gasteiger charge is -2.53. The Morgan fingerprint density at radius 1 is 1.03 bits per heavy atom. The Morgan fingerprint density at radius 2 is 1.71 bits per heavy atom. The van der Waals surface area contributed by atoms with Gasteiger partial charge in [0.05, 0.1) is 0 Å². The summed E-state index contributed by atoms with van der Waals surface area (Å²) in [6, 6.07) is 10.6. The minimum absolute atomic E-state index is 0.00293. The van der Waals surface area contributed by atoms with Gasteiger partial charge in [-0.1, -0.05) is 42.8 Å². The number of benzene rings is 1. The second kappa shape index (κ2) is 9.32. The summed E-state index contributed by atoms with van der Waals surface area (Å²) in [7, 11) is 0. The Kier molecular flexibility index (Phi) is 6.90. The maximum absolute atomic E-state index is 11.7. The molecule has 172 valence electrons. The van der Waals surface area contributed by atoms with Crippen LogP contribution in [-0.2, 0) is 6.54 Å². The first-order valence-electron chi connectivity index (χ1n) is 12.1. The van der Waals surface area contributed by atoms with E-state index in [-0.39, 0.29) is 17.9 Å². The summed E-state index contributed by atoms with van der Waals surface area (Å²) in [5.74, 6) is -0.338. The van der Waals surface area contributed by atoms with E-state index in [0.717, 1.165) is 64.0 Å². The first kappa shape index (κ1) is 22.9. The monoisotopic (exact) mass is 428 g/mol. The molecule has 1 heterocycles. The minimum atomic E-state index is -1.25. The quantitative estimate of drug-likeness (QED) is 0.608. The van der Waals surface area contributed by atoms with E-state index in [2.05, 4.69) is 47.9 Å². The lowest BCUT2D eigenvalue weighted by Crippen LogP contribution is -2.60. The molecule has 4 atom stereocenters. The average molecular weight is 429 g/mol. The van der Waals surface area contributed by atoms with Crippen molar-refractivity contribution in [3.05, 3.63) is 47.0 Å². The summed E-state index contributed by atoms with van der Waals surface area (Å²) in [5.41, 5.74) is 2.38. The molecule has 1 saturated heterocycles. The van der Waals surface area contributed by atoms with E-state index in [0.29, 0.717) is 13.0 Å². The Bertz CT molecular complexity index is 774. The first-order chi connectivity index (χ1) is 14.9. The van der Waals surface area contributed by atoms with Crippen LogP contribution in [0.2, 0.25) is 0 Å². The largest absolute Gasteiger partial charge is 0.396 e. The van der Waals surface area contributed by atoms with Crippen LogP contribution in [-0.4, -0.2) is 76.2 Å². The molecule has 5 heteroatoms. The van der Waals surface area contributed by atoms with Crippen molar-refractivity contribution in [3.63, 3.8) is 0 Å². The highest BCUT2D eigenvalue weighted by molar-refractivity contribution is 5.33. The van der Waals surface area contributed by atoms with Crippen LogP contribution in [0.3, 0.4) is 0 Å². The van der Waals surface area contributed by atoms with Crippen molar-refractivity contribution in [2.24, 2.45) is 11.3 Å². The molecule has 2 fully saturated rings. The Balaban J connectivity index is 1.39. The van der Waals surface area contributed by atoms with Crippen molar-refractivity contribution >= 4 is 0 Å². The molecule has 1 aliphatic heterocycles. The van der Waals surface area contributed by atoms with Gasteiger partial charge in [0.1, 0.15) is 11.7 Å². The molecule has 1 saturated carbocycles. The number of hydrogen-bond donors (Lipinski definition) is 3. The van der Waals surface area contributed by atoms with Crippen molar-refractivity contribution in [2.75, 3.05) is 39.3 Å². The van der Waals surface area contributed by atoms with Crippen LogP contribution in [0.1, 0.15) is 51.5 Å². The summed E-state index contributed by atoms with van der Waals surface area (Å²) < 4.78 is 0. The fourth-order valence-corrected chi connectivity index (χ4v) is 6.30. The van der Waals surface area contributed by atoms with Crippen molar-refractivity contribution in [3.8, 4) is 0 Å². The summed E-state index contributed by atoms with van der Waals surface area (Å²) in [6.07, 6.45) is 3.82. The van der Waals surface area contributed by atoms with E-state index in [1.165, 1.54) is 11.1 Å². The van der Waals surface area contributed by atoms with E-state index >= 15 is 0 Å². The van der Waals surface area contributed by atoms with E-state index in [1.807, 2.05) is 6.07 Å². The van der Waals surface area contributed by atoms with Crippen LogP contribution in [0.25, 0.3) is 0 Å². The zero-order valence-electron chi connectivity index (χ0n) is 19.3. The SMILES string of the molecule is CC1=C2[C@H](O)C(O)(C(CO)CN3CCN(Cc4ccccc4)CC3)CC[C@@]2(C)CCC1. The molecule has 31 heavy (non-hydrogen) atoms. The topological polar surface area (TPSA) is 67.2 Å². The molecule has 2 unspecified atom stereocenters. The van der Waals surface area contributed by atoms with Gasteiger partial charge in [-0.25, -0.2) is 0 Å². The first-order valence-corrected chi connectivity index (χ1v) is 12.1. The number of fused-ring (bicyclic) bond motifs is 1. The van der Waals surface area contributed by atoms with Gasteiger partial charge in [0.2, 0.25) is 0 Å². The van der Waals surface area contributed by atoms with E-state index in [9.17, 15) is 15.3 Å². The number of aliphatic hydroxyl groups excluding tert-OH is 2. The van der Waals surface area contributed by atoms with Gasteiger partial charge in [-0.3, -0.25) is 4.90 Å². The number of rotatable bonds is 6. The van der Waals surface area contributed by atoms with Gasteiger partial charge < -0.3 is 20.2 Å². The molecule has 5 nitrogen and oxygen atoms in total. The van der Waals surface area contributed by atoms with Gasteiger partial charge in [0.25, 0.3) is 0 Å². The van der Waals surface area contributed by atoms with Crippen molar-refractivity contribution in [1.82, 2.24) is 9.80 Å². The number of nitrogens with zero attached hydrogens (tertiary/aromatic N) is 2. The molecule has 0 aromatic heterocycles. The maximum Gasteiger partial charge on any atom is 0.105 e. The molecular weight excluding hydrogens is 388 g/mol. The van der Waals surface area contributed by atoms with Gasteiger partial charge in [0.15, 0.2) is 0 Å². The highest BCUT2D eigenvalue weighted by Gasteiger charge is 2.54. The molecule has 3 N–H and O–H groups in total. The normalized spacial score (nSPS) is 33.9. The lowest BCUT2D eigenvalue weighted by atomic mass is 9.57. The van der Waals surface area contributed by atoms with Crippen LogP contribution < -0.4 is 0 Å². The van der Waals surface area contributed by atoms with Gasteiger partial charge in [-0.2, -0.15) is 0 Å². The molecule has 0 bridgehead atoms. The van der Waals surface area contributed by atoms with E-state index < -0.39 is 11.7 Å². The highest BCUT2D eigenvalue weighted by Crippen LogP contribution is 2.53. The second-order valence-corrected chi connectivity index (χ2v) is 10.4. The van der Waals surface area contributed by atoms with Crippen molar-refractivity contribution < 1.29 is 15.3 Å². The predicted molar refractivity (Wildman–Crippen MR) is 124 cm³/mol. The zero-order valence-corrected chi connectivity index (χ0v) is 19.3. The Labute approximate surface area is 187 Å². The number of hydrogen-bond acceptors (Lipinski definition) is 5. The van der Waals surface area contributed by atoms with Gasteiger partial charge in [0, 0.05) is 51.8 Å². The molecule has 1 aromatic rings. The van der Waals surface area contributed by atoms with E-state index in [1.54, 1.807) is 0 Å². The van der Waals surface area contributed by atoms with Crippen LogP contribution >= 0.6 is 0 Å². The van der Waals surface area contributed by atoms with Crippen LogP contribution in [0, 0.1) is 11.3 Å². The van der Waals surface area contributed by atoms with Crippen LogP contribution in [0.4, 0.5) is 0 Å². The molecule has 4 rings (SSSR count). The molecular formula is C26H40N2O3. The number of aliphatic hydroxyl groups is 3. The Hall–Kier alpha value is -1.24. The molecule has 0 radical (unpaired) electrons. The summed E-state index contributed by atoms with van der Waals surface area (Å²) in [5, 5.41) is 33.3. The summed E-state index contributed by atoms with van der Waals surface area (Å²) in [4.78, 5) is 4.81. The van der Waals surface area contributed by atoms with E-state index in [4.69, 9.17) is 0 Å². The second-order valence-electron chi connectivity index (χ2n) is 10.4. The smallest absolute Gasteiger partial charge is 0.105 e.